The molecule has 108 valence electrons. The van der Waals surface area contributed by atoms with Crippen LogP contribution < -0.4 is 4.74 Å². The van der Waals surface area contributed by atoms with Crippen molar-refractivity contribution in [3.63, 3.8) is 0 Å². The molecule has 3 heteroatoms. The fraction of sp³-hybridized carbons (Fsp3) is 0.529. The third kappa shape index (κ3) is 2.25. The van der Waals surface area contributed by atoms with Gasteiger partial charge < -0.3 is 14.6 Å². The van der Waals surface area contributed by atoms with Gasteiger partial charge in [-0.3, -0.25) is 0 Å². The summed E-state index contributed by atoms with van der Waals surface area (Å²) in [4.78, 5) is 0. The lowest BCUT2D eigenvalue weighted by Gasteiger charge is -2.47. The van der Waals surface area contributed by atoms with E-state index < -0.39 is 0 Å². The zero-order chi connectivity index (χ0) is 14.2. The zero-order valence-corrected chi connectivity index (χ0v) is 12.1. The Morgan fingerprint density at radius 1 is 1.35 bits per heavy atom. The van der Waals surface area contributed by atoms with Gasteiger partial charge in [-0.25, -0.2) is 0 Å². The van der Waals surface area contributed by atoms with Crippen LogP contribution in [-0.2, 0) is 4.74 Å². The minimum atomic E-state index is -0.0624. The first-order valence-corrected chi connectivity index (χ1v) is 7.20. The lowest BCUT2D eigenvalue weighted by atomic mass is 9.67. The molecule has 3 unspecified atom stereocenters. The van der Waals surface area contributed by atoms with Gasteiger partial charge in [0, 0.05) is 11.3 Å². The topological polar surface area (TPSA) is 38.7 Å². The van der Waals surface area contributed by atoms with Gasteiger partial charge in [0.1, 0.15) is 5.75 Å². The minimum Gasteiger partial charge on any atom is -0.497 e. The van der Waals surface area contributed by atoms with Crippen molar-refractivity contribution in [2.45, 2.75) is 25.9 Å². The molecular formula is C17H22O3. The molecule has 1 N–H and O–H groups in total. The molecule has 0 radical (unpaired) electrons. The van der Waals surface area contributed by atoms with Gasteiger partial charge in [-0.15, -0.1) is 0 Å². The maximum Gasteiger partial charge on any atom is 0.118 e. The van der Waals surface area contributed by atoms with E-state index in [-0.39, 0.29) is 18.1 Å². The first-order chi connectivity index (χ1) is 9.67. The predicted molar refractivity (Wildman–Crippen MR) is 77.7 cm³/mol. The number of rotatable bonds is 3. The number of hydrogen-bond acceptors (Lipinski definition) is 3. The van der Waals surface area contributed by atoms with Crippen LogP contribution in [0, 0.1) is 11.3 Å². The van der Waals surface area contributed by atoms with Crippen molar-refractivity contribution in [1.82, 2.24) is 0 Å². The van der Waals surface area contributed by atoms with Crippen molar-refractivity contribution in [3.8, 4) is 5.75 Å². The normalized spacial score (nSPS) is 32.6. The molecule has 1 aromatic carbocycles. The maximum absolute atomic E-state index is 9.68. The summed E-state index contributed by atoms with van der Waals surface area (Å²) in [7, 11) is 1.68. The summed E-state index contributed by atoms with van der Waals surface area (Å²) in [6.07, 6.45) is 4.32. The third-order valence-corrected chi connectivity index (χ3v) is 4.81. The Kier molecular flexibility index (Phi) is 3.57. The molecule has 0 spiro atoms. The van der Waals surface area contributed by atoms with Crippen molar-refractivity contribution >= 4 is 0 Å². The van der Waals surface area contributed by atoms with E-state index in [1.54, 1.807) is 7.11 Å². The Balaban J connectivity index is 1.87. The highest BCUT2D eigenvalue weighted by molar-refractivity contribution is 5.31. The van der Waals surface area contributed by atoms with Crippen molar-refractivity contribution in [3.05, 3.63) is 41.5 Å². The first-order valence-electron chi connectivity index (χ1n) is 7.20. The highest BCUT2D eigenvalue weighted by atomic mass is 16.5. The molecule has 0 saturated carbocycles. The van der Waals surface area contributed by atoms with Crippen molar-refractivity contribution in [2.75, 3.05) is 20.3 Å². The standard InChI is InChI=1S/C17H22O3/c1-12-7-8-17(10-18)9-15(12)16(20-11-17)13-3-5-14(19-2)6-4-13/h3-7,15-16,18H,8-11H2,1-2H3. The van der Waals surface area contributed by atoms with Gasteiger partial charge in [0.05, 0.1) is 26.4 Å². The van der Waals surface area contributed by atoms with Crippen LogP contribution in [0.15, 0.2) is 35.9 Å². The summed E-state index contributed by atoms with van der Waals surface area (Å²) < 4.78 is 11.3. The fourth-order valence-corrected chi connectivity index (χ4v) is 3.38. The van der Waals surface area contributed by atoms with Crippen LogP contribution >= 0.6 is 0 Å². The summed E-state index contributed by atoms with van der Waals surface area (Å²) in [6, 6.07) is 8.12. The predicted octanol–water partition coefficient (Wildman–Crippen LogP) is 3.10. The number of aliphatic hydroxyl groups is 1. The van der Waals surface area contributed by atoms with Crippen molar-refractivity contribution in [1.29, 1.82) is 0 Å². The zero-order valence-electron chi connectivity index (χ0n) is 12.1. The number of benzene rings is 1. The van der Waals surface area contributed by atoms with E-state index in [0.29, 0.717) is 12.5 Å². The highest BCUT2D eigenvalue weighted by Crippen LogP contribution is 2.50. The van der Waals surface area contributed by atoms with Gasteiger partial charge in [0.25, 0.3) is 0 Å². The molecule has 1 fully saturated rings. The molecular weight excluding hydrogens is 252 g/mol. The monoisotopic (exact) mass is 274 g/mol. The molecule has 2 aliphatic rings. The maximum atomic E-state index is 9.68. The second kappa shape index (κ2) is 5.23. The van der Waals surface area contributed by atoms with E-state index in [0.717, 1.165) is 18.6 Å². The fourth-order valence-electron chi connectivity index (χ4n) is 3.38. The van der Waals surface area contributed by atoms with Crippen LogP contribution in [0.2, 0.25) is 0 Å². The average Bonchev–Trinajstić information content (AvgIpc) is 2.52. The van der Waals surface area contributed by atoms with E-state index in [2.05, 4.69) is 25.1 Å². The van der Waals surface area contributed by atoms with Crippen LogP contribution in [0.5, 0.6) is 5.75 Å². The number of allylic oxidation sites excluding steroid dienone is 1. The third-order valence-electron chi connectivity index (χ3n) is 4.81. The Morgan fingerprint density at radius 3 is 2.75 bits per heavy atom. The molecule has 0 amide bonds. The van der Waals surface area contributed by atoms with E-state index in [4.69, 9.17) is 9.47 Å². The van der Waals surface area contributed by atoms with Crippen LogP contribution in [0.4, 0.5) is 0 Å². The number of aliphatic hydroxyl groups excluding tert-OH is 1. The van der Waals surface area contributed by atoms with Crippen LogP contribution in [0.3, 0.4) is 0 Å². The second-order valence-corrected chi connectivity index (χ2v) is 6.13. The Morgan fingerprint density at radius 2 is 2.10 bits per heavy atom. The quantitative estimate of drug-likeness (QED) is 0.861. The van der Waals surface area contributed by atoms with Gasteiger partial charge in [-0.05, 0) is 37.5 Å². The summed E-state index contributed by atoms with van der Waals surface area (Å²) in [5.41, 5.74) is 2.51. The highest BCUT2D eigenvalue weighted by Gasteiger charge is 2.44. The molecule has 1 aliphatic carbocycles. The smallest absolute Gasteiger partial charge is 0.118 e. The molecule has 1 heterocycles. The SMILES string of the molecule is COc1ccc(C2OCC3(CO)CC=C(C)C2C3)cc1. The lowest BCUT2D eigenvalue weighted by Crippen LogP contribution is -2.43. The van der Waals surface area contributed by atoms with Gasteiger partial charge in [0.15, 0.2) is 0 Å². The second-order valence-electron chi connectivity index (χ2n) is 6.13. The van der Waals surface area contributed by atoms with E-state index in [1.165, 1.54) is 11.1 Å². The molecule has 0 aromatic heterocycles. The van der Waals surface area contributed by atoms with E-state index in [9.17, 15) is 5.11 Å². The minimum absolute atomic E-state index is 0.0624. The Hall–Kier alpha value is -1.32. The molecule has 3 atom stereocenters. The molecule has 3 nitrogen and oxygen atoms in total. The molecule has 1 aromatic rings. The number of ether oxygens (including phenoxy) is 2. The lowest BCUT2D eigenvalue weighted by molar-refractivity contribution is -0.113. The van der Waals surface area contributed by atoms with Crippen LogP contribution in [0.1, 0.15) is 31.4 Å². The summed E-state index contributed by atoms with van der Waals surface area (Å²) in [6.45, 7) is 3.03. The van der Waals surface area contributed by atoms with Gasteiger partial charge >= 0.3 is 0 Å². The first kappa shape index (κ1) is 13.7. The Bertz CT molecular complexity index is 505. The summed E-state index contributed by atoms with van der Waals surface area (Å²) in [5, 5.41) is 9.68. The van der Waals surface area contributed by atoms with Crippen LogP contribution in [0.25, 0.3) is 0 Å². The summed E-state index contributed by atoms with van der Waals surface area (Å²) in [5.74, 6) is 1.24. The van der Waals surface area contributed by atoms with Gasteiger partial charge in [0.2, 0.25) is 0 Å². The average molecular weight is 274 g/mol. The molecule has 20 heavy (non-hydrogen) atoms. The molecule has 1 saturated heterocycles. The van der Waals surface area contributed by atoms with Crippen molar-refractivity contribution < 1.29 is 14.6 Å². The molecule has 1 aliphatic heterocycles. The summed E-state index contributed by atoms with van der Waals surface area (Å²) >= 11 is 0. The number of hydrogen-bond donors (Lipinski definition) is 1. The Labute approximate surface area is 120 Å². The van der Waals surface area contributed by atoms with Gasteiger partial charge in [-0.2, -0.15) is 0 Å². The van der Waals surface area contributed by atoms with Gasteiger partial charge in [-0.1, -0.05) is 23.8 Å². The van der Waals surface area contributed by atoms with Crippen molar-refractivity contribution in [2.24, 2.45) is 11.3 Å². The molecule has 3 rings (SSSR count). The van der Waals surface area contributed by atoms with E-state index >= 15 is 0 Å². The van der Waals surface area contributed by atoms with Crippen LogP contribution in [-0.4, -0.2) is 25.4 Å². The largest absolute Gasteiger partial charge is 0.497 e. The number of methoxy groups -OCH3 is 1. The molecule has 2 bridgehead atoms. The van der Waals surface area contributed by atoms with E-state index in [1.807, 2.05) is 12.1 Å². The number of fused-ring (bicyclic) bond motifs is 2.